The van der Waals surface area contributed by atoms with Crippen LogP contribution in [0.2, 0.25) is 5.02 Å². The maximum atomic E-state index is 13.4. The summed E-state index contributed by atoms with van der Waals surface area (Å²) in [5, 5.41) is 11.3. The number of hydrogen-bond acceptors (Lipinski definition) is 3. The maximum absolute atomic E-state index is 13.4. The van der Waals surface area contributed by atoms with Crippen LogP contribution in [0, 0.1) is 6.92 Å². The molecule has 1 aromatic heterocycles. The predicted molar refractivity (Wildman–Crippen MR) is 147 cm³/mol. The van der Waals surface area contributed by atoms with Gasteiger partial charge >= 0.3 is 6.18 Å². The van der Waals surface area contributed by atoms with Crippen LogP contribution in [-0.2, 0) is 12.7 Å². The lowest BCUT2D eigenvalue weighted by Gasteiger charge is -2.21. The molecule has 0 saturated carbocycles. The number of alkyl halides is 3. The second-order valence-corrected chi connectivity index (χ2v) is 9.78. The molecule has 1 heterocycles. The molecule has 5 nitrogen and oxygen atoms in total. The van der Waals surface area contributed by atoms with E-state index in [-0.39, 0.29) is 0 Å². The Balaban J connectivity index is 1.45. The summed E-state index contributed by atoms with van der Waals surface area (Å²) in [6.07, 6.45) is -0.986. The van der Waals surface area contributed by atoms with Gasteiger partial charge in [0.1, 0.15) is 0 Å². The van der Waals surface area contributed by atoms with Crippen molar-refractivity contribution >= 4 is 17.5 Å². The minimum absolute atomic E-state index is 0.353. The first-order valence-corrected chi connectivity index (χ1v) is 13.1. The number of carbonyl (C=O) groups is 1. The minimum atomic E-state index is -4.47. The largest absolute Gasteiger partial charge is 0.416 e. The molecule has 1 amide bonds. The zero-order valence-electron chi connectivity index (χ0n) is 21.5. The van der Waals surface area contributed by atoms with E-state index in [1.54, 1.807) is 41.9 Å². The van der Waals surface area contributed by atoms with E-state index < -0.39 is 23.7 Å². The van der Waals surface area contributed by atoms with Gasteiger partial charge < -0.3 is 10.6 Å². The third-order valence-electron chi connectivity index (χ3n) is 6.52. The Morgan fingerprint density at radius 1 is 1.00 bits per heavy atom. The number of rotatable bonds is 11. The molecular weight excluding hydrogens is 525 g/mol. The second kappa shape index (κ2) is 13.0. The van der Waals surface area contributed by atoms with Crippen LogP contribution in [0.3, 0.4) is 0 Å². The molecule has 4 aromatic rings. The summed E-state index contributed by atoms with van der Waals surface area (Å²) >= 11 is 5.98. The standard InChI is InChI=1S/C30H30ClF3N4O/c1-21-27(20-36-38(21)26-15-13-25(31)14-16-26)29(39)37-28(23-10-7-11-24(18-23)30(32,33)34)12-5-6-17-35-19-22-8-3-2-4-9-22/h2-4,7-11,13-16,18,20,28,35H,5-6,12,17,19H2,1H3,(H,37,39). The highest BCUT2D eigenvalue weighted by atomic mass is 35.5. The van der Waals surface area contributed by atoms with Gasteiger partial charge in [0.25, 0.3) is 5.91 Å². The molecule has 0 saturated heterocycles. The molecule has 0 aliphatic rings. The summed E-state index contributed by atoms with van der Waals surface area (Å²) in [6, 6.07) is 21.6. The maximum Gasteiger partial charge on any atom is 0.416 e. The molecular formula is C30H30ClF3N4O. The fourth-order valence-corrected chi connectivity index (χ4v) is 4.52. The first-order chi connectivity index (χ1) is 18.7. The quantitative estimate of drug-likeness (QED) is 0.191. The van der Waals surface area contributed by atoms with Gasteiger partial charge in [-0.15, -0.1) is 0 Å². The van der Waals surface area contributed by atoms with Crippen molar-refractivity contribution in [3.63, 3.8) is 0 Å². The molecule has 204 valence electrons. The van der Waals surface area contributed by atoms with Gasteiger partial charge in [-0.2, -0.15) is 18.3 Å². The number of amides is 1. The van der Waals surface area contributed by atoms with Crippen molar-refractivity contribution in [3.05, 3.63) is 118 Å². The van der Waals surface area contributed by atoms with E-state index in [1.807, 2.05) is 30.3 Å². The highest BCUT2D eigenvalue weighted by Crippen LogP contribution is 2.32. The molecule has 0 radical (unpaired) electrons. The number of aromatic nitrogens is 2. The summed E-state index contributed by atoms with van der Waals surface area (Å²) < 4.78 is 41.9. The van der Waals surface area contributed by atoms with E-state index in [4.69, 9.17) is 11.6 Å². The number of hydrogen-bond donors (Lipinski definition) is 2. The van der Waals surface area contributed by atoms with Crippen molar-refractivity contribution in [2.75, 3.05) is 6.54 Å². The van der Waals surface area contributed by atoms with Crippen molar-refractivity contribution in [3.8, 4) is 5.69 Å². The third-order valence-corrected chi connectivity index (χ3v) is 6.77. The molecule has 0 fully saturated rings. The normalized spacial score (nSPS) is 12.3. The molecule has 0 aliphatic heterocycles. The van der Waals surface area contributed by atoms with Crippen LogP contribution in [0.4, 0.5) is 13.2 Å². The fourth-order valence-electron chi connectivity index (χ4n) is 4.39. The number of halogens is 4. The summed E-state index contributed by atoms with van der Waals surface area (Å²) in [5.74, 6) is -0.391. The Hall–Kier alpha value is -3.62. The van der Waals surface area contributed by atoms with Crippen LogP contribution in [0.5, 0.6) is 0 Å². The van der Waals surface area contributed by atoms with Crippen molar-refractivity contribution in [1.82, 2.24) is 20.4 Å². The lowest BCUT2D eigenvalue weighted by atomic mass is 9.98. The molecule has 39 heavy (non-hydrogen) atoms. The van der Waals surface area contributed by atoms with Gasteiger partial charge in [0.2, 0.25) is 0 Å². The monoisotopic (exact) mass is 554 g/mol. The molecule has 1 unspecified atom stereocenters. The van der Waals surface area contributed by atoms with Crippen molar-refractivity contribution in [2.45, 2.75) is 44.9 Å². The molecule has 2 N–H and O–H groups in total. The average molecular weight is 555 g/mol. The topological polar surface area (TPSA) is 59.0 Å². The molecule has 0 bridgehead atoms. The summed E-state index contributed by atoms with van der Waals surface area (Å²) in [4.78, 5) is 13.3. The third kappa shape index (κ3) is 7.71. The Morgan fingerprint density at radius 2 is 1.74 bits per heavy atom. The van der Waals surface area contributed by atoms with Gasteiger partial charge in [0, 0.05) is 11.6 Å². The van der Waals surface area contributed by atoms with Gasteiger partial charge in [0.15, 0.2) is 0 Å². The van der Waals surface area contributed by atoms with Gasteiger partial charge in [-0.3, -0.25) is 4.79 Å². The summed E-state index contributed by atoms with van der Waals surface area (Å²) in [6.45, 7) is 3.27. The lowest BCUT2D eigenvalue weighted by Crippen LogP contribution is -2.29. The number of carbonyl (C=O) groups excluding carboxylic acids is 1. The summed E-state index contributed by atoms with van der Waals surface area (Å²) in [5.41, 5.74) is 2.57. The van der Waals surface area contributed by atoms with E-state index in [1.165, 1.54) is 17.8 Å². The van der Waals surface area contributed by atoms with Crippen LogP contribution in [-0.4, -0.2) is 22.2 Å². The van der Waals surface area contributed by atoms with Crippen molar-refractivity contribution in [2.24, 2.45) is 0 Å². The first kappa shape index (κ1) is 28.4. The van der Waals surface area contributed by atoms with E-state index in [2.05, 4.69) is 15.7 Å². The lowest BCUT2D eigenvalue weighted by molar-refractivity contribution is -0.137. The summed E-state index contributed by atoms with van der Waals surface area (Å²) in [7, 11) is 0. The van der Waals surface area contributed by atoms with Crippen LogP contribution in [0.25, 0.3) is 5.69 Å². The zero-order chi connectivity index (χ0) is 27.8. The van der Waals surface area contributed by atoms with Gasteiger partial charge in [-0.1, -0.05) is 54.1 Å². The smallest absolute Gasteiger partial charge is 0.345 e. The number of benzene rings is 3. The average Bonchev–Trinajstić information content (AvgIpc) is 3.31. The van der Waals surface area contributed by atoms with Crippen molar-refractivity contribution in [1.29, 1.82) is 0 Å². The Labute approximate surface area is 231 Å². The van der Waals surface area contributed by atoms with Crippen LogP contribution in [0.15, 0.2) is 85.1 Å². The van der Waals surface area contributed by atoms with Gasteiger partial charge in [-0.25, -0.2) is 4.68 Å². The Bertz CT molecular complexity index is 1370. The Kier molecular flexibility index (Phi) is 9.43. The van der Waals surface area contributed by atoms with E-state index in [0.29, 0.717) is 34.7 Å². The second-order valence-electron chi connectivity index (χ2n) is 9.34. The highest BCUT2D eigenvalue weighted by molar-refractivity contribution is 6.30. The molecule has 1 atom stereocenters. The highest BCUT2D eigenvalue weighted by Gasteiger charge is 2.31. The molecule has 0 spiro atoms. The number of nitrogens with one attached hydrogen (secondary N) is 2. The van der Waals surface area contributed by atoms with Crippen LogP contribution in [0.1, 0.15) is 58.0 Å². The van der Waals surface area contributed by atoms with Gasteiger partial charge in [-0.05, 0) is 80.3 Å². The van der Waals surface area contributed by atoms with Gasteiger partial charge in [0.05, 0.1) is 34.7 Å². The van der Waals surface area contributed by atoms with Crippen LogP contribution >= 0.6 is 11.6 Å². The Morgan fingerprint density at radius 3 is 2.46 bits per heavy atom. The number of unbranched alkanes of at least 4 members (excludes halogenated alkanes) is 1. The number of nitrogens with zero attached hydrogens (tertiary/aromatic N) is 2. The molecule has 0 aliphatic carbocycles. The van der Waals surface area contributed by atoms with E-state index in [9.17, 15) is 18.0 Å². The molecule has 4 rings (SSSR count). The predicted octanol–water partition coefficient (Wildman–Crippen LogP) is 7.28. The molecule has 9 heteroatoms. The SMILES string of the molecule is Cc1c(C(=O)NC(CCCCNCc2ccccc2)c2cccc(C(F)(F)F)c2)cnn1-c1ccc(Cl)cc1. The van der Waals surface area contributed by atoms with E-state index in [0.717, 1.165) is 37.3 Å². The minimum Gasteiger partial charge on any atom is -0.345 e. The van der Waals surface area contributed by atoms with Crippen LogP contribution < -0.4 is 10.6 Å². The first-order valence-electron chi connectivity index (χ1n) is 12.8. The zero-order valence-corrected chi connectivity index (χ0v) is 22.3. The van der Waals surface area contributed by atoms with Crippen molar-refractivity contribution < 1.29 is 18.0 Å². The van der Waals surface area contributed by atoms with E-state index >= 15 is 0 Å². The molecule has 3 aromatic carbocycles. The fraction of sp³-hybridized carbons (Fsp3) is 0.267.